The number of aliphatic carboxylic acids is 1. The average Bonchev–Trinajstić information content (AvgIpc) is 3.29. The molecule has 1 saturated heterocycles. The predicted octanol–water partition coefficient (Wildman–Crippen LogP) is 0.532. The van der Waals surface area contributed by atoms with Crippen molar-refractivity contribution in [2.45, 2.75) is 6.42 Å². The van der Waals surface area contributed by atoms with Crippen molar-refractivity contribution in [1.82, 2.24) is 4.90 Å². The Hall–Kier alpha value is -2.50. The van der Waals surface area contributed by atoms with Crippen molar-refractivity contribution in [2.24, 2.45) is 23.7 Å². The minimum atomic E-state index is -1.09. The van der Waals surface area contributed by atoms with Crippen LogP contribution in [0.2, 0.25) is 0 Å². The van der Waals surface area contributed by atoms with Crippen molar-refractivity contribution >= 4 is 17.6 Å². The van der Waals surface area contributed by atoms with Crippen LogP contribution in [0, 0.1) is 23.7 Å². The summed E-state index contributed by atoms with van der Waals surface area (Å²) < 4.78 is 5.43. The Labute approximate surface area is 153 Å². The number of carboxylic acids is 1. The molecule has 1 aromatic carbocycles. The maximum Gasteiger partial charge on any atom is 0.227 e. The van der Waals surface area contributed by atoms with Crippen LogP contribution >= 0.6 is 0 Å². The van der Waals surface area contributed by atoms with Gasteiger partial charge in [0, 0.05) is 38.1 Å². The van der Waals surface area contributed by atoms with Crippen LogP contribution in [0.1, 0.15) is 6.42 Å². The van der Waals surface area contributed by atoms with Gasteiger partial charge in [0.1, 0.15) is 5.75 Å². The summed E-state index contributed by atoms with van der Waals surface area (Å²) in [5, 5.41) is 11.6. The molecular formula is C20H23N2O4-. The molecule has 1 aliphatic heterocycles. The standard InChI is InChI=1S/C20H24N2O4/c1-26-16-5-3-2-4-15(16)21-8-10-22(11-9-21)19(23)17-13-6-7-14(12-13)18(17)20(24)25/h2-7,13-14,17-18H,8-12H2,1H3,(H,24,25)/p-1/t13-,14+,17-,18+/m1/s1. The van der Waals surface area contributed by atoms with Crippen molar-refractivity contribution in [1.29, 1.82) is 0 Å². The van der Waals surface area contributed by atoms with Gasteiger partial charge >= 0.3 is 0 Å². The van der Waals surface area contributed by atoms with Crippen LogP contribution in [0.4, 0.5) is 5.69 Å². The molecule has 0 radical (unpaired) electrons. The summed E-state index contributed by atoms with van der Waals surface area (Å²) in [7, 11) is 1.65. The van der Waals surface area contributed by atoms with Gasteiger partial charge in [0.15, 0.2) is 0 Å². The number of fused-ring (bicyclic) bond motifs is 2. The van der Waals surface area contributed by atoms with Crippen LogP contribution in [0.5, 0.6) is 5.75 Å². The number of hydrogen-bond donors (Lipinski definition) is 0. The van der Waals surface area contributed by atoms with Crippen LogP contribution in [-0.4, -0.2) is 50.1 Å². The molecule has 0 spiro atoms. The number of amides is 1. The molecule has 2 aliphatic carbocycles. The van der Waals surface area contributed by atoms with Gasteiger partial charge in [-0.2, -0.15) is 0 Å². The fraction of sp³-hybridized carbons (Fsp3) is 0.500. The van der Waals surface area contributed by atoms with Gasteiger partial charge in [-0.25, -0.2) is 0 Å². The number of ether oxygens (including phenoxy) is 1. The monoisotopic (exact) mass is 355 g/mol. The molecule has 0 aromatic heterocycles. The zero-order valence-corrected chi connectivity index (χ0v) is 14.8. The lowest BCUT2D eigenvalue weighted by atomic mass is 9.82. The zero-order chi connectivity index (χ0) is 18.3. The Kier molecular flexibility index (Phi) is 4.34. The van der Waals surface area contributed by atoms with E-state index in [0.29, 0.717) is 26.2 Å². The van der Waals surface area contributed by atoms with Crippen molar-refractivity contribution < 1.29 is 19.4 Å². The highest BCUT2D eigenvalue weighted by atomic mass is 16.5. The average molecular weight is 355 g/mol. The molecule has 4 atom stereocenters. The first-order chi connectivity index (χ1) is 12.6. The number of anilines is 1. The Bertz CT molecular complexity index is 739. The molecule has 6 heteroatoms. The van der Waals surface area contributed by atoms with Crippen molar-refractivity contribution in [3.8, 4) is 5.75 Å². The van der Waals surface area contributed by atoms with E-state index in [1.807, 2.05) is 41.3 Å². The molecule has 4 rings (SSSR count). The summed E-state index contributed by atoms with van der Waals surface area (Å²) in [5.41, 5.74) is 1.03. The first-order valence-corrected chi connectivity index (χ1v) is 9.16. The summed E-state index contributed by atoms with van der Waals surface area (Å²) in [5.74, 6) is -1.44. The van der Waals surface area contributed by atoms with Crippen molar-refractivity contribution in [3.63, 3.8) is 0 Å². The molecule has 2 bridgehead atoms. The highest BCUT2D eigenvalue weighted by Crippen LogP contribution is 2.48. The van der Waals surface area contributed by atoms with Crippen LogP contribution in [0.25, 0.3) is 0 Å². The fourth-order valence-corrected chi connectivity index (χ4v) is 4.75. The van der Waals surface area contributed by atoms with E-state index < -0.39 is 17.8 Å². The van der Waals surface area contributed by atoms with E-state index in [1.54, 1.807) is 7.11 Å². The summed E-state index contributed by atoms with van der Waals surface area (Å²) in [6.45, 7) is 2.60. The van der Waals surface area contributed by atoms with Crippen LogP contribution < -0.4 is 14.7 Å². The van der Waals surface area contributed by atoms with E-state index in [1.165, 1.54) is 0 Å². The number of nitrogens with zero attached hydrogens (tertiary/aromatic N) is 2. The zero-order valence-electron chi connectivity index (χ0n) is 14.8. The van der Waals surface area contributed by atoms with E-state index in [4.69, 9.17) is 4.74 Å². The Morgan fingerprint density at radius 1 is 1.04 bits per heavy atom. The second kappa shape index (κ2) is 6.67. The molecule has 1 saturated carbocycles. The smallest absolute Gasteiger partial charge is 0.227 e. The third-order valence-corrected chi connectivity index (χ3v) is 6.03. The Balaban J connectivity index is 1.44. The number of benzene rings is 1. The van der Waals surface area contributed by atoms with Crippen molar-refractivity contribution in [2.75, 3.05) is 38.2 Å². The van der Waals surface area contributed by atoms with Gasteiger partial charge in [0.2, 0.25) is 5.91 Å². The SMILES string of the molecule is COc1ccccc1N1CCN(C(=O)[C@H]2[C@@H](C(=O)[O-])[C@H]3C=C[C@@H]2C3)CC1. The molecule has 138 valence electrons. The summed E-state index contributed by atoms with van der Waals surface area (Å²) in [4.78, 5) is 28.6. The lowest BCUT2D eigenvalue weighted by Crippen LogP contribution is -2.53. The number of carbonyl (C=O) groups excluding carboxylic acids is 2. The van der Waals surface area contributed by atoms with Crippen LogP contribution in [0.15, 0.2) is 36.4 Å². The first kappa shape index (κ1) is 16.9. The van der Waals surface area contributed by atoms with Gasteiger partial charge in [-0.1, -0.05) is 24.3 Å². The summed E-state index contributed by atoms with van der Waals surface area (Å²) >= 11 is 0. The van der Waals surface area contributed by atoms with Gasteiger partial charge in [0.05, 0.1) is 18.7 Å². The molecular weight excluding hydrogens is 332 g/mol. The number of para-hydroxylation sites is 2. The Morgan fingerprint density at radius 3 is 2.35 bits per heavy atom. The highest BCUT2D eigenvalue weighted by Gasteiger charge is 2.50. The lowest BCUT2D eigenvalue weighted by molar-refractivity contribution is -0.313. The minimum absolute atomic E-state index is 0.0317. The molecule has 1 amide bonds. The molecule has 1 aromatic rings. The van der Waals surface area contributed by atoms with Gasteiger partial charge in [-0.3, -0.25) is 4.79 Å². The van der Waals surface area contributed by atoms with Gasteiger partial charge in [0.25, 0.3) is 0 Å². The lowest BCUT2D eigenvalue weighted by Gasteiger charge is -2.39. The molecule has 6 nitrogen and oxygen atoms in total. The number of carboxylic acid groups (broad SMARTS) is 1. The van der Waals surface area contributed by atoms with E-state index in [0.717, 1.165) is 17.9 Å². The number of piperazine rings is 1. The van der Waals surface area contributed by atoms with Crippen molar-refractivity contribution in [3.05, 3.63) is 36.4 Å². The highest BCUT2D eigenvalue weighted by molar-refractivity contribution is 5.86. The normalized spacial score (nSPS) is 29.9. The van der Waals surface area contributed by atoms with E-state index in [9.17, 15) is 14.7 Å². The topological polar surface area (TPSA) is 72.9 Å². The number of carbonyl (C=O) groups is 2. The largest absolute Gasteiger partial charge is 0.550 e. The van der Waals surface area contributed by atoms with Crippen LogP contribution in [-0.2, 0) is 9.59 Å². The number of hydrogen-bond acceptors (Lipinski definition) is 5. The predicted molar refractivity (Wildman–Crippen MR) is 94.5 cm³/mol. The molecule has 0 unspecified atom stereocenters. The Morgan fingerprint density at radius 2 is 1.69 bits per heavy atom. The summed E-state index contributed by atoms with van der Waals surface area (Å²) in [6.07, 6.45) is 4.71. The first-order valence-electron chi connectivity index (χ1n) is 9.16. The van der Waals surface area contributed by atoms with E-state index in [2.05, 4.69) is 4.90 Å². The molecule has 26 heavy (non-hydrogen) atoms. The second-order valence-corrected chi connectivity index (χ2v) is 7.30. The van der Waals surface area contributed by atoms with E-state index >= 15 is 0 Å². The van der Waals surface area contributed by atoms with Gasteiger partial charge in [-0.15, -0.1) is 0 Å². The fourth-order valence-electron chi connectivity index (χ4n) is 4.75. The maximum atomic E-state index is 13.0. The third-order valence-electron chi connectivity index (χ3n) is 6.03. The molecule has 1 heterocycles. The number of methoxy groups -OCH3 is 1. The van der Waals surface area contributed by atoms with E-state index in [-0.39, 0.29) is 17.7 Å². The summed E-state index contributed by atoms with van der Waals surface area (Å²) in [6, 6.07) is 7.86. The van der Waals surface area contributed by atoms with Gasteiger partial charge in [-0.05, 0) is 30.4 Å². The quantitative estimate of drug-likeness (QED) is 0.737. The van der Waals surface area contributed by atoms with Gasteiger partial charge < -0.3 is 24.4 Å². The molecule has 2 fully saturated rings. The molecule has 0 N–H and O–H groups in total. The number of rotatable bonds is 4. The maximum absolute atomic E-state index is 13.0. The third kappa shape index (κ3) is 2.73. The number of allylic oxidation sites excluding steroid dienone is 2. The minimum Gasteiger partial charge on any atom is -0.550 e. The van der Waals surface area contributed by atoms with Crippen LogP contribution in [0.3, 0.4) is 0 Å². The molecule has 3 aliphatic rings. The second-order valence-electron chi connectivity index (χ2n) is 7.30.